The monoisotopic (exact) mass is 591 g/mol. The van der Waals surface area contributed by atoms with Gasteiger partial charge in [-0.25, -0.2) is 0 Å². The lowest BCUT2D eigenvalue weighted by molar-refractivity contribution is 0.866. The summed E-state index contributed by atoms with van der Waals surface area (Å²) in [6.07, 6.45) is 6.60. The average Bonchev–Trinajstić information content (AvgIpc) is 3.10. The van der Waals surface area contributed by atoms with Crippen molar-refractivity contribution in [2.45, 2.75) is 27.7 Å². The third kappa shape index (κ3) is 7.74. The second kappa shape index (κ2) is 15.6. The number of benzene rings is 5. The Morgan fingerprint density at radius 3 is 1.22 bits per heavy atom. The van der Waals surface area contributed by atoms with Crippen LogP contribution in [-0.2, 0) is 0 Å². The number of nitrogens with zero attached hydrogens (tertiary/aromatic N) is 3. The molecular formula is C42H45N3. The van der Waals surface area contributed by atoms with Crippen molar-refractivity contribution < 1.29 is 0 Å². The van der Waals surface area contributed by atoms with Crippen LogP contribution in [0.3, 0.4) is 0 Å². The highest BCUT2D eigenvalue weighted by Crippen LogP contribution is 2.34. The second-order valence-electron chi connectivity index (χ2n) is 11.0. The van der Waals surface area contributed by atoms with E-state index in [0.717, 1.165) is 48.8 Å². The van der Waals surface area contributed by atoms with Gasteiger partial charge in [0.15, 0.2) is 0 Å². The average molecular weight is 592 g/mol. The van der Waals surface area contributed by atoms with Crippen LogP contribution in [-0.4, -0.2) is 26.2 Å². The Bertz CT molecular complexity index is 1550. The highest BCUT2D eigenvalue weighted by atomic mass is 15.1. The summed E-state index contributed by atoms with van der Waals surface area (Å²) in [5.41, 5.74) is 10.7. The molecule has 0 aromatic heterocycles. The highest BCUT2D eigenvalue weighted by molar-refractivity contribution is 5.83. The lowest BCUT2D eigenvalue weighted by Crippen LogP contribution is -2.21. The van der Waals surface area contributed by atoms with E-state index in [1.165, 1.54) is 28.1 Å². The van der Waals surface area contributed by atoms with Gasteiger partial charge in [0.2, 0.25) is 0 Å². The minimum Gasteiger partial charge on any atom is -0.372 e. The predicted octanol–water partition coefficient (Wildman–Crippen LogP) is 11.0. The molecule has 0 unspecified atom stereocenters. The first-order valence-corrected chi connectivity index (χ1v) is 16.2. The van der Waals surface area contributed by atoms with Crippen molar-refractivity contribution in [3.63, 3.8) is 0 Å². The Morgan fingerprint density at radius 2 is 0.822 bits per heavy atom. The van der Waals surface area contributed by atoms with E-state index in [9.17, 15) is 0 Å². The highest BCUT2D eigenvalue weighted by Gasteiger charge is 2.12. The molecular weight excluding hydrogens is 546 g/mol. The van der Waals surface area contributed by atoms with Crippen molar-refractivity contribution in [1.29, 1.82) is 0 Å². The summed E-state index contributed by atoms with van der Waals surface area (Å²) < 4.78 is 0. The Kier molecular flexibility index (Phi) is 10.9. The minimum absolute atomic E-state index is 1.00. The van der Waals surface area contributed by atoms with Crippen molar-refractivity contribution in [3.05, 3.63) is 162 Å². The van der Waals surface area contributed by atoms with Gasteiger partial charge in [0.05, 0.1) is 0 Å². The van der Waals surface area contributed by atoms with E-state index in [4.69, 9.17) is 0 Å². The molecule has 0 fully saturated rings. The zero-order valence-electron chi connectivity index (χ0n) is 27.1. The molecule has 5 rings (SSSR count). The molecule has 228 valence electrons. The van der Waals surface area contributed by atoms with Crippen LogP contribution in [0.4, 0.5) is 28.4 Å². The van der Waals surface area contributed by atoms with Crippen LogP contribution in [0.15, 0.2) is 146 Å². The standard InChI is InChI=1S/C42H45N3/c1-5-43(6-2)37-30-24-35(25-31-37)42(36-26-32-38(33-27-36)44(7-3)8-4)21-15-16-34-22-28-41(29-23-34)45(39-17-11-9-12-18-39)40-19-13-10-14-20-40/h9-33H,5-8H2,1-4H3. The number of hydrogen-bond acceptors (Lipinski definition) is 3. The van der Waals surface area contributed by atoms with E-state index in [1.807, 2.05) is 0 Å². The van der Waals surface area contributed by atoms with Crippen LogP contribution in [0.25, 0.3) is 11.6 Å². The molecule has 0 bridgehead atoms. The smallest absolute Gasteiger partial charge is 0.0462 e. The zero-order chi connectivity index (χ0) is 31.4. The van der Waals surface area contributed by atoms with Gasteiger partial charge in [0, 0.05) is 54.6 Å². The molecule has 5 aromatic carbocycles. The van der Waals surface area contributed by atoms with Crippen molar-refractivity contribution >= 4 is 40.1 Å². The van der Waals surface area contributed by atoms with E-state index in [0.29, 0.717) is 0 Å². The molecule has 0 aliphatic heterocycles. The lowest BCUT2D eigenvalue weighted by atomic mass is 9.96. The van der Waals surface area contributed by atoms with E-state index < -0.39 is 0 Å². The molecule has 0 saturated heterocycles. The number of para-hydroxylation sites is 2. The number of hydrogen-bond donors (Lipinski definition) is 0. The van der Waals surface area contributed by atoms with Crippen LogP contribution in [0, 0.1) is 0 Å². The molecule has 3 nitrogen and oxygen atoms in total. The predicted molar refractivity (Wildman–Crippen MR) is 197 cm³/mol. The van der Waals surface area contributed by atoms with Crippen molar-refractivity contribution in [3.8, 4) is 0 Å². The molecule has 5 aromatic rings. The van der Waals surface area contributed by atoms with Crippen LogP contribution in [0.5, 0.6) is 0 Å². The van der Waals surface area contributed by atoms with E-state index >= 15 is 0 Å². The molecule has 0 heterocycles. The molecule has 0 amide bonds. The van der Waals surface area contributed by atoms with Crippen LogP contribution < -0.4 is 14.7 Å². The first-order valence-electron chi connectivity index (χ1n) is 16.2. The molecule has 0 N–H and O–H groups in total. The van der Waals surface area contributed by atoms with Gasteiger partial charge < -0.3 is 14.7 Å². The maximum atomic E-state index is 2.38. The van der Waals surface area contributed by atoms with Gasteiger partial charge in [0.25, 0.3) is 0 Å². The summed E-state index contributed by atoms with van der Waals surface area (Å²) in [5.74, 6) is 0. The molecule has 0 atom stereocenters. The third-order valence-electron chi connectivity index (χ3n) is 8.35. The van der Waals surface area contributed by atoms with Crippen molar-refractivity contribution in [2.75, 3.05) is 40.9 Å². The molecule has 0 aliphatic rings. The van der Waals surface area contributed by atoms with Gasteiger partial charge in [-0.15, -0.1) is 0 Å². The fourth-order valence-corrected chi connectivity index (χ4v) is 5.83. The molecule has 0 saturated carbocycles. The summed E-state index contributed by atoms with van der Waals surface area (Å²) in [6.45, 7) is 12.8. The normalized spacial score (nSPS) is 10.9. The topological polar surface area (TPSA) is 9.72 Å². The van der Waals surface area contributed by atoms with Crippen LogP contribution in [0.1, 0.15) is 44.4 Å². The van der Waals surface area contributed by atoms with Gasteiger partial charge in [-0.1, -0.05) is 91.0 Å². The first-order chi connectivity index (χ1) is 22.1. The first kappa shape index (κ1) is 31.4. The Balaban J connectivity index is 1.44. The maximum absolute atomic E-state index is 2.38. The van der Waals surface area contributed by atoms with Crippen molar-refractivity contribution in [2.24, 2.45) is 0 Å². The molecule has 3 heteroatoms. The van der Waals surface area contributed by atoms with E-state index in [2.05, 4.69) is 194 Å². The summed E-state index contributed by atoms with van der Waals surface area (Å²) in [6, 6.07) is 47.8. The molecule has 45 heavy (non-hydrogen) atoms. The molecule has 0 spiro atoms. The van der Waals surface area contributed by atoms with Gasteiger partial charge in [0.1, 0.15) is 0 Å². The summed E-state index contributed by atoms with van der Waals surface area (Å²) >= 11 is 0. The Morgan fingerprint density at radius 1 is 0.444 bits per heavy atom. The van der Waals surface area contributed by atoms with Crippen molar-refractivity contribution in [1.82, 2.24) is 0 Å². The summed E-state index contributed by atoms with van der Waals surface area (Å²) in [5, 5.41) is 0. The molecule has 0 radical (unpaired) electrons. The van der Waals surface area contributed by atoms with Gasteiger partial charge in [-0.2, -0.15) is 0 Å². The summed E-state index contributed by atoms with van der Waals surface area (Å²) in [4.78, 5) is 7.05. The largest absolute Gasteiger partial charge is 0.372 e. The quantitative estimate of drug-likeness (QED) is 0.126. The fraction of sp³-hybridized carbons (Fsp3) is 0.190. The van der Waals surface area contributed by atoms with Crippen LogP contribution in [0.2, 0.25) is 0 Å². The maximum Gasteiger partial charge on any atom is 0.0462 e. The zero-order valence-corrected chi connectivity index (χ0v) is 27.1. The van der Waals surface area contributed by atoms with E-state index in [-0.39, 0.29) is 0 Å². The van der Waals surface area contributed by atoms with Gasteiger partial charge in [-0.05, 0) is 111 Å². The third-order valence-corrected chi connectivity index (χ3v) is 8.35. The van der Waals surface area contributed by atoms with E-state index in [1.54, 1.807) is 0 Å². The minimum atomic E-state index is 1.00. The number of rotatable bonds is 13. The van der Waals surface area contributed by atoms with Gasteiger partial charge >= 0.3 is 0 Å². The fourth-order valence-electron chi connectivity index (χ4n) is 5.83. The lowest BCUT2D eigenvalue weighted by Gasteiger charge is -2.25. The second-order valence-corrected chi connectivity index (χ2v) is 11.0. The summed E-state index contributed by atoms with van der Waals surface area (Å²) in [7, 11) is 0. The molecule has 0 aliphatic carbocycles. The number of allylic oxidation sites excluding steroid dienone is 2. The Labute approximate surface area is 270 Å². The number of anilines is 5. The van der Waals surface area contributed by atoms with Crippen LogP contribution >= 0.6 is 0 Å². The SMILES string of the molecule is CCN(CC)c1ccc(C(=CC=Cc2ccc(N(c3ccccc3)c3ccccc3)cc2)c2ccc(N(CC)CC)cc2)cc1. The Hall–Kier alpha value is -5.02. The van der Waals surface area contributed by atoms with Gasteiger partial charge in [-0.3, -0.25) is 0 Å².